The van der Waals surface area contributed by atoms with Crippen molar-refractivity contribution < 1.29 is 18.3 Å². The van der Waals surface area contributed by atoms with Crippen molar-refractivity contribution in [3.63, 3.8) is 0 Å². The third kappa shape index (κ3) is 4.13. The maximum atomic E-state index is 13.2. The minimum atomic E-state index is -4.53. The Bertz CT molecular complexity index is 1160. The first-order valence-electron chi connectivity index (χ1n) is 10.9. The number of β-amino-alcohol motifs (C(OH)–C–C–N with tert-alkyl or cyclic N) is 1. The van der Waals surface area contributed by atoms with Crippen molar-refractivity contribution >= 4 is 33.3 Å². The van der Waals surface area contributed by atoms with Crippen LogP contribution in [0.2, 0.25) is 0 Å². The van der Waals surface area contributed by atoms with Crippen LogP contribution < -0.4 is 9.80 Å². The number of aryl methyl sites for hydroxylation is 1. The van der Waals surface area contributed by atoms with Crippen molar-refractivity contribution in [2.24, 2.45) is 0 Å². The van der Waals surface area contributed by atoms with Gasteiger partial charge < -0.3 is 19.5 Å². The quantitative estimate of drug-likeness (QED) is 0.607. The van der Waals surface area contributed by atoms with Gasteiger partial charge in [0.1, 0.15) is 16.9 Å². The Hall–Kier alpha value is -2.51. The molecule has 3 aromatic rings. The molecule has 33 heavy (non-hydrogen) atoms. The lowest BCUT2D eigenvalue weighted by atomic mass is 10.2. The number of likely N-dealkylation sites (N-methyl/N-ethyl adjacent to an activating group) is 1. The number of aromatic nitrogens is 5. The molecule has 0 bridgehead atoms. The van der Waals surface area contributed by atoms with Gasteiger partial charge in [0.15, 0.2) is 5.82 Å². The Morgan fingerprint density at radius 1 is 1.12 bits per heavy atom. The monoisotopic (exact) mass is 482 g/mol. The lowest BCUT2D eigenvalue weighted by molar-refractivity contribution is -0.147. The van der Waals surface area contributed by atoms with Gasteiger partial charge in [0.05, 0.1) is 18.5 Å². The molecule has 3 aromatic heterocycles. The molecular weight excluding hydrogens is 457 g/mol. The molecule has 2 aliphatic heterocycles. The number of piperazine rings is 1. The Labute approximate surface area is 192 Å². The number of thiophene rings is 1. The number of alkyl halides is 3. The smallest absolute Gasteiger partial charge is 0.377 e. The molecule has 2 aliphatic rings. The van der Waals surface area contributed by atoms with E-state index in [1.807, 2.05) is 21.7 Å². The molecule has 5 rings (SSSR count). The summed E-state index contributed by atoms with van der Waals surface area (Å²) in [7, 11) is 1.87. The second-order valence-corrected chi connectivity index (χ2v) is 9.56. The molecule has 1 N–H and O–H groups in total. The SMILES string of the molecule is CCCc1cc2c(N3CCn4c(nnc4C(F)(F)F)C3)nc(N3CCN(C)C(O)C3)nc2s1. The highest BCUT2D eigenvalue weighted by Gasteiger charge is 2.40. The van der Waals surface area contributed by atoms with E-state index in [4.69, 9.17) is 9.97 Å². The lowest BCUT2D eigenvalue weighted by Crippen LogP contribution is -2.52. The van der Waals surface area contributed by atoms with E-state index in [1.54, 1.807) is 11.3 Å². The number of fused-ring (bicyclic) bond motifs is 2. The molecule has 0 radical (unpaired) electrons. The number of aliphatic hydroxyl groups excluding tert-OH is 1. The largest absolute Gasteiger partial charge is 0.451 e. The van der Waals surface area contributed by atoms with Crippen LogP contribution in [0.15, 0.2) is 6.07 Å². The number of rotatable bonds is 4. The van der Waals surface area contributed by atoms with Gasteiger partial charge in [-0.15, -0.1) is 21.5 Å². The van der Waals surface area contributed by atoms with Crippen molar-refractivity contribution in [2.75, 3.05) is 43.0 Å². The molecule has 0 saturated carbocycles. The van der Waals surface area contributed by atoms with Crippen molar-refractivity contribution in [1.82, 2.24) is 29.6 Å². The van der Waals surface area contributed by atoms with Crippen LogP contribution in [0, 0.1) is 0 Å². The molecule has 13 heteroatoms. The zero-order valence-corrected chi connectivity index (χ0v) is 19.2. The Morgan fingerprint density at radius 2 is 1.91 bits per heavy atom. The summed E-state index contributed by atoms with van der Waals surface area (Å²) in [5, 5.41) is 18.4. The summed E-state index contributed by atoms with van der Waals surface area (Å²) in [4.78, 5) is 17.5. The summed E-state index contributed by atoms with van der Waals surface area (Å²) < 4.78 is 40.9. The summed E-state index contributed by atoms with van der Waals surface area (Å²) in [5.74, 6) is 0.515. The molecule has 0 spiro atoms. The maximum Gasteiger partial charge on any atom is 0.451 e. The van der Waals surface area contributed by atoms with E-state index < -0.39 is 18.2 Å². The van der Waals surface area contributed by atoms with Crippen molar-refractivity contribution in [1.29, 1.82) is 0 Å². The first-order chi connectivity index (χ1) is 15.7. The molecule has 178 valence electrons. The predicted octanol–water partition coefficient (Wildman–Crippen LogP) is 2.34. The number of hydrogen-bond donors (Lipinski definition) is 1. The zero-order chi connectivity index (χ0) is 23.3. The lowest BCUT2D eigenvalue weighted by Gasteiger charge is -2.37. The molecule has 0 amide bonds. The van der Waals surface area contributed by atoms with Crippen LogP contribution in [0.3, 0.4) is 0 Å². The van der Waals surface area contributed by atoms with E-state index in [1.165, 1.54) is 4.88 Å². The third-order valence-corrected chi connectivity index (χ3v) is 7.20. The van der Waals surface area contributed by atoms with E-state index in [2.05, 4.69) is 23.2 Å². The minimum absolute atomic E-state index is 0.122. The van der Waals surface area contributed by atoms with Gasteiger partial charge in [0.2, 0.25) is 11.8 Å². The summed E-state index contributed by atoms with van der Waals surface area (Å²) >= 11 is 1.61. The Morgan fingerprint density at radius 3 is 2.64 bits per heavy atom. The summed E-state index contributed by atoms with van der Waals surface area (Å²) in [6.45, 7) is 4.51. The highest BCUT2D eigenvalue weighted by molar-refractivity contribution is 7.18. The Balaban J connectivity index is 1.53. The molecule has 0 aromatic carbocycles. The van der Waals surface area contributed by atoms with Gasteiger partial charge in [0, 0.05) is 31.1 Å². The molecule has 5 heterocycles. The molecule has 1 saturated heterocycles. The van der Waals surface area contributed by atoms with Crippen molar-refractivity contribution in [3.05, 3.63) is 22.6 Å². The summed E-state index contributed by atoms with van der Waals surface area (Å²) in [6.07, 6.45) is -3.23. The minimum Gasteiger partial charge on any atom is -0.377 e. The fourth-order valence-corrected chi connectivity index (χ4v) is 5.40. The van der Waals surface area contributed by atoms with Crippen LogP contribution in [0.1, 0.15) is 29.9 Å². The maximum absolute atomic E-state index is 13.2. The van der Waals surface area contributed by atoms with E-state index in [9.17, 15) is 18.3 Å². The molecule has 1 atom stereocenters. The molecule has 1 fully saturated rings. The first kappa shape index (κ1) is 22.3. The fraction of sp³-hybridized carbons (Fsp3) is 0.600. The van der Waals surface area contributed by atoms with Gasteiger partial charge >= 0.3 is 6.18 Å². The van der Waals surface area contributed by atoms with Crippen LogP contribution in [0.25, 0.3) is 10.2 Å². The van der Waals surface area contributed by atoms with Gasteiger partial charge in [-0.05, 0) is 19.5 Å². The number of anilines is 2. The fourth-order valence-electron chi connectivity index (χ4n) is 4.28. The van der Waals surface area contributed by atoms with Gasteiger partial charge in [-0.1, -0.05) is 13.3 Å². The van der Waals surface area contributed by atoms with Crippen molar-refractivity contribution in [3.8, 4) is 0 Å². The van der Waals surface area contributed by atoms with Gasteiger partial charge in [-0.3, -0.25) is 4.90 Å². The second-order valence-electron chi connectivity index (χ2n) is 8.45. The van der Waals surface area contributed by atoms with E-state index in [-0.39, 0.29) is 18.9 Å². The average molecular weight is 483 g/mol. The van der Waals surface area contributed by atoms with Crippen LogP contribution in [0.4, 0.5) is 24.9 Å². The molecule has 1 unspecified atom stereocenters. The van der Waals surface area contributed by atoms with Crippen LogP contribution >= 0.6 is 11.3 Å². The predicted molar refractivity (Wildman–Crippen MR) is 118 cm³/mol. The van der Waals surface area contributed by atoms with Crippen LogP contribution in [-0.4, -0.2) is 74.2 Å². The number of aliphatic hydroxyl groups is 1. The molecule has 9 nitrogen and oxygen atoms in total. The summed E-state index contributed by atoms with van der Waals surface area (Å²) in [5.41, 5.74) is 0. The number of nitrogens with zero attached hydrogens (tertiary/aromatic N) is 8. The average Bonchev–Trinajstić information content (AvgIpc) is 3.38. The highest BCUT2D eigenvalue weighted by Crippen LogP contribution is 2.36. The van der Waals surface area contributed by atoms with Gasteiger partial charge in [-0.25, -0.2) is 4.98 Å². The second kappa shape index (κ2) is 8.37. The van der Waals surface area contributed by atoms with Crippen molar-refractivity contribution in [2.45, 2.75) is 45.3 Å². The van der Waals surface area contributed by atoms with Gasteiger partial charge in [-0.2, -0.15) is 18.2 Å². The Kier molecular flexibility index (Phi) is 5.65. The number of halogens is 3. The highest BCUT2D eigenvalue weighted by atomic mass is 32.1. The van der Waals surface area contributed by atoms with Crippen LogP contribution in [0.5, 0.6) is 0 Å². The van der Waals surface area contributed by atoms with E-state index in [0.29, 0.717) is 37.9 Å². The first-order valence-corrected chi connectivity index (χ1v) is 11.7. The van der Waals surface area contributed by atoms with E-state index in [0.717, 1.165) is 27.6 Å². The number of hydrogen-bond acceptors (Lipinski definition) is 9. The topological polar surface area (TPSA) is 86.4 Å². The van der Waals surface area contributed by atoms with Crippen LogP contribution in [-0.2, 0) is 25.7 Å². The zero-order valence-electron chi connectivity index (χ0n) is 18.4. The molecular formula is C20H25F3N8OS. The molecule has 0 aliphatic carbocycles. The van der Waals surface area contributed by atoms with Gasteiger partial charge in [0.25, 0.3) is 0 Å². The standard InChI is InChI=1S/C20H25F3N8OS/c1-3-4-12-9-13-16(29-7-8-31-14(10-29)26-27-18(31)20(21,22)23)24-19(25-17(13)33-12)30-6-5-28(2)15(32)11-30/h9,15,32H,3-8,10-11H2,1-2H3. The summed E-state index contributed by atoms with van der Waals surface area (Å²) in [6, 6.07) is 2.09. The third-order valence-electron chi connectivity index (χ3n) is 6.11. The van der Waals surface area contributed by atoms with E-state index >= 15 is 0 Å². The normalized spacial score (nSPS) is 20.0.